The molecule has 0 atom stereocenters. The molecule has 4 nitrogen and oxygen atoms in total. The smallest absolute Gasteiger partial charge is 0.101 e. The SMILES string of the molecule is N#CCN1CCC(Nc2cc(Cl)ccc2C#N)CC1. The van der Waals surface area contributed by atoms with Gasteiger partial charge in [-0.15, -0.1) is 0 Å². The molecule has 0 unspecified atom stereocenters. The van der Waals surface area contributed by atoms with E-state index in [2.05, 4.69) is 22.4 Å². The monoisotopic (exact) mass is 274 g/mol. The Morgan fingerprint density at radius 2 is 2.05 bits per heavy atom. The van der Waals surface area contributed by atoms with Gasteiger partial charge in [0.1, 0.15) is 6.07 Å². The van der Waals surface area contributed by atoms with Crippen molar-refractivity contribution < 1.29 is 0 Å². The minimum atomic E-state index is 0.334. The molecule has 0 amide bonds. The van der Waals surface area contributed by atoms with Crippen LogP contribution < -0.4 is 5.32 Å². The lowest BCUT2D eigenvalue weighted by molar-refractivity contribution is 0.242. The van der Waals surface area contributed by atoms with Crippen LogP contribution in [0.2, 0.25) is 5.02 Å². The Morgan fingerprint density at radius 3 is 2.68 bits per heavy atom. The summed E-state index contributed by atoms with van der Waals surface area (Å²) in [6.07, 6.45) is 1.94. The number of nitriles is 2. The molecule has 0 spiro atoms. The maximum atomic E-state index is 9.07. The first-order valence-corrected chi connectivity index (χ1v) is 6.66. The molecule has 0 bridgehead atoms. The van der Waals surface area contributed by atoms with Gasteiger partial charge < -0.3 is 5.32 Å². The minimum Gasteiger partial charge on any atom is -0.381 e. The van der Waals surface area contributed by atoms with Crippen molar-refractivity contribution in [2.75, 3.05) is 25.0 Å². The average molecular weight is 275 g/mol. The summed E-state index contributed by atoms with van der Waals surface area (Å²) in [6, 6.07) is 9.92. The quantitative estimate of drug-likeness (QED) is 0.861. The molecular formula is C14H15ClN4. The third-order valence-corrected chi connectivity index (χ3v) is 3.58. The van der Waals surface area contributed by atoms with E-state index in [-0.39, 0.29) is 0 Å². The summed E-state index contributed by atoms with van der Waals surface area (Å²) in [4.78, 5) is 2.14. The van der Waals surface area contributed by atoms with Gasteiger partial charge in [-0.1, -0.05) is 11.6 Å². The molecule has 0 aliphatic carbocycles. The number of rotatable bonds is 3. The highest BCUT2D eigenvalue weighted by Gasteiger charge is 2.19. The molecule has 0 saturated carbocycles. The van der Waals surface area contributed by atoms with Gasteiger partial charge in [0.15, 0.2) is 0 Å². The zero-order valence-electron chi connectivity index (χ0n) is 10.6. The number of hydrogen-bond acceptors (Lipinski definition) is 4. The van der Waals surface area contributed by atoms with Gasteiger partial charge in [0.25, 0.3) is 0 Å². The summed E-state index contributed by atoms with van der Waals surface area (Å²) < 4.78 is 0. The van der Waals surface area contributed by atoms with Crippen molar-refractivity contribution >= 4 is 17.3 Å². The van der Waals surface area contributed by atoms with E-state index in [4.69, 9.17) is 22.1 Å². The van der Waals surface area contributed by atoms with Crippen molar-refractivity contribution in [1.82, 2.24) is 4.90 Å². The maximum Gasteiger partial charge on any atom is 0.101 e. The Morgan fingerprint density at radius 1 is 1.32 bits per heavy atom. The number of benzene rings is 1. The molecule has 98 valence electrons. The molecule has 19 heavy (non-hydrogen) atoms. The van der Waals surface area contributed by atoms with E-state index in [0.717, 1.165) is 31.6 Å². The van der Waals surface area contributed by atoms with Gasteiger partial charge in [-0.05, 0) is 31.0 Å². The van der Waals surface area contributed by atoms with Crippen LogP contribution in [0.3, 0.4) is 0 Å². The standard InChI is InChI=1S/C14H15ClN4/c15-12-2-1-11(10-17)14(9-12)18-13-3-6-19(7-4-13)8-5-16/h1-2,9,13,18H,3-4,6-8H2. The van der Waals surface area contributed by atoms with Crippen molar-refractivity contribution in [3.05, 3.63) is 28.8 Å². The van der Waals surface area contributed by atoms with Gasteiger partial charge >= 0.3 is 0 Å². The number of anilines is 1. The van der Waals surface area contributed by atoms with E-state index in [1.807, 2.05) is 0 Å². The Kier molecular flexibility index (Phi) is 4.63. The molecule has 2 rings (SSSR count). The Labute approximate surface area is 118 Å². The van der Waals surface area contributed by atoms with Gasteiger partial charge in [-0.2, -0.15) is 10.5 Å². The highest BCUT2D eigenvalue weighted by molar-refractivity contribution is 6.30. The van der Waals surface area contributed by atoms with Crippen molar-refractivity contribution in [1.29, 1.82) is 10.5 Å². The second-order valence-electron chi connectivity index (χ2n) is 4.65. The maximum absolute atomic E-state index is 9.07. The number of nitrogens with one attached hydrogen (secondary N) is 1. The van der Waals surface area contributed by atoms with Crippen LogP contribution in [-0.2, 0) is 0 Å². The number of piperidine rings is 1. The topological polar surface area (TPSA) is 62.9 Å². The van der Waals surface area contributed by atoms with E-state index >= 15 is 0 Å². The van der Waals surface area contributed by atoms with Crippen molar-refractivity contribution in [2.24, 2.45) is 0 Å². The number of hydrogen-bond donors (Lipinski definition) is 1. The van der Waals surface area contributed by atoms with Crippen LogP contribution in [0.4, 0.5) is 5.69 Å². The summed E-state index contributed by atoms with van der Waals surface area (Å²) in [5, 5.41) is 21.7. The normalized spacial score (nSPS) is 16.6. The van der Waals surface area contributed by atoms with E-state index in [0.29, 0.717) is 23.2 Å². The highest BCUT2D eigenvalue weighted by Crippen LogP contribution is 2.23. The number of likely N-dealkylation sites (tertiary alicyclic amines) is 1. The van der Waals surface area contributed by atoms with Gasteiger partial charge in [0.2, 0.25) is 0 Å². The Bertz CT molecular complexity index is 521. The van der Waals surface area contributed by atoms with E-state index in [1.165, 1.54) is 0 Å². The van der Waals surface area contributed by atoms with E-state index in [1.54, 1.807) is 18.2 Å². The largest absolute Gasteiger partial charge is 0.381 e. The molecule has 0 radical (unpaired) electrons. The average Bonchev–Trinajstić information content (AvgIpc) is 2.42. The van der Waals surface area contributed by atoms with Crippen molar-refractivity contribution in [2.45, 2.75) is 18.9 Å². The molecule has 1 saturated heterocycles. The molecule has 1 aliphatic rings. The molecule has 1 heterocycles. The molecule has 1 N–H and O–H groups in total. The Hall–Kier alpha value is -1.75. The molecule has 5 heteroatoms. The predicted octanol–water partition coefficient (Wildman–Crippen LogP) is 2.61. The number of nitrogens with zero attached hydrogens (tertiary/aromatic N) is 3. The summed E-state index contributed by atoms with van der Waals surface area (Å²) in [5.41, 5.74) is 1.41. The molecule has 1 aromatic carbocycles. The summed E-state index contributed by atoms with van der Waals surface area (Å²) in [6.45, 7) is 2.31. The van der Waals surface area contributed by atoms with Crippen LogP contribution in [-0.4, -0.2) is 30.6 Å². The molecule has 1 aliphatic heterocycles. The zero-order valence-corrected chi connectivity index (χ0v) is 11.3. The fourth-order valence-corrected chi connectivity index (χ4v) is 2.46. The van der Waals surface area contributed by atoms with Crippen LogP contribution in [0, 0.1) is 22.7 Å². The fourth-order valence-electron chi connectivity index (χ4n) is 2.29. The lowest BCUT2D eigenvalue weighted by atomic mass is 10.0. The molecule has 1 aromatic rings. The van der Waals surface area contributed by atoms with Crippen LogP contribution in [0.1, 0.15) is 18.4 Å². The van der Waals surface area contributed by atoms with Crippen LogP contribution in [0.15, 0.2) is 18.2 Å². The highest BCUT2D eigenvalue weighted by atomic mass is 35.5. The summed E-state index contributed by atoms with van der Waals surface area (Å²) >= 11 is 5.96. The van der Waals surface area contributed by atoms with E-state index in [9.17, 15) is 0 Å². The molecule has 1 fully saturated rings. The van der Waals surface area contributed by atoms with Crippen LogP contribution in [0.25, 0.3) is 0 Å². The van der Waals surface area contributed by atoms with Crippen molar-refractivity contribution in [3.63, 3.8) is 0 Å². The lowest BCUT2D eigenvalue weighted by Crippen LogP contribution is -2.39. The van der Waals surface area contributed by atoms with Crippen LogP contribution >= 0.6 is 11.6 Å². The zero-order chi connectivity index (χ0) is 13.7. The molecular weight excluding hydrogens is 260 g/mol. The van der Waals surface area contributed by atoms with Gasteiger partial charge in [-0.25, -0.2) is 0 Å². The summed E-state index contributed by atoms with van der Waals surface area (Å²) in [5.74, 6) is 0. The first-order chi connectivity index (χ1) is 9.22. The molecule has 0 aromatic heterocycles. The van der Waals surface area contributed by atoms with Crippen LogP contribution in [0.5, 0.6) is 0 Å². The number of halogens is 1. The van der Waals surface area contributed by atoms with Gasteiger partial charge in [0.05, 0.1) is 23.9 Å². The fraction of sp³-hybridized carbons (Fsp3) is 0.429. The summed E-state index contributed by atoms with van der Waals surface area (Å²) in [7, 11) is 0. The predicted molar refractivity (Wildman–Crippen MR) is 74.9 cm³/mol. The van der Waals surface area contributed by atoms with Gasteiger partial charge in [-0.3, -0.25) is 4.90 Å². The first kappa shape index (κ1) is 13.7. The third kappa shape index (κ3) is 3.61. The first-order valence-electron chi connectivity index (χ1n) is 6.28. The van der Waals surface area contributed by atoms with E-state index < -0.39 is 0 Å². The second-order valence-corrected chi connectivity index (χ2v) is 5.09. The Balaban J connectivity index is 1.98. The minimum absolute atomic E-state index is 0.334. The van der Waals surface area contributed by atoms with Crippen molar-refractivity contribution in [3.8, 4) is 12.1 Å². The van der Waals surface area contributed by atoms with Gasteiger partial charge in [0, 0.05) is 24.2 Å². The second kappa shape index (κ2) is 6.43. The third-order valence-electron chi connectivity index (χ3n) is 3.34. The lowest BCUT2D eigenvalue weighted by Gasteiger charge is -2.31.